The van der Waals surface area contributed by atoms with Crippen LogP contribution in [-0.4, -0.2) is 0 Å². The molecular formula is C14H12Cl2. The fourth-order valence-electron chi connectivity index (χ4n) is 1.81. The van der Waals surface area contributed by atoms with Crippen molar-refractivity contribution in [3.8, 4) is 11.1 Å². The van der Waals surface area contributed by atoms with E-state index >= 15 is 0 Å². The second kappa shape index (κ2) is 4.48. The van der Waals surface area contributed by atoms with Gasteiger partial charge in [-0.05, 0) is 60.4 Å². The molecule has 0 spiro atoms. The van der Waals surface area contributed by atoms with Crippen LogP contribution in [0.5, 0.6) is 0 Å². The second-order valence-electron chi connectivity index (χ2n) is 4.03. The van der Waals surface area contributed by atoms with E-state index in [1.54, 1.807) is 0 Å². The number of aryl methyl sites for hydroxylation is 2. The van der Waals surface area contributed by atoms with Gasteiger partial charge in [0.15, 0.2) is 0 Å². The maximum atomic E-state index is 6.05. The van der Waals surface area contributed by atoms with E-state index < -0.39 is 0 Å². The summed E-state index contributed by atoms with van der Waals surface area (Å²) in [7, 11) is 0. The highest BCUT2D eigenvalue weighted by Crippen LogP contribution is 2.27. The summed E-state index contributed by atoms with van der Waals surface area (Å²) in [6.45, 7) is 4.07. The molecule has 0 aliphatic heterocycles. The molecule has 0 heterocycles. The molecule has 0 aromatic heterocycles. The summed E-state index contributed by atoms with van der Waals surface area (Å²) in [5, 5.41) is 1.51. The van der Waals surface area contributed by atoms with Gasteiger partial charge in [-0.15, -0.1) is 0 Å². The third kappa shape index (κ3) is 2.58. The van der Waals surface area contributed by atoms with Crippen molar-refractivity contribution in [3.05, 3.63) is 57.6 Å². The summed E-state index contributed by atoms with van der Waals surface area (Å²) in [6, 6.07) is 12.0. The van der Waals surface area contributed by atoms with Crippen LogP contribution in [0.15, 0.2) is 36.4 Å². The third-order valence-electron chi connectivity index (χ3n) is 2.42. The van der Waals surface area contributed by atoms with Gasteiger partial charge in [0.2, 0.25) is 0 Å². The molecule has 0 aliphatic carbocycles. The first kappa shape index (κ1) is 11.5. The average molecular weight is 251 g/mol. The van der Waals surface area contributed by atoms with Gasteiger partial charge in [-0.1, -0.05) is 35.3 Å². The maximum absolute atomic E-state index is 6.05. The van der Waals surface area contributed by atoms with Crippen LogP contribution in [0.25, 0.3) is 11.1 Å². The van der Waals surface area contributed by atoms with Crippen molar-refractivity contribution < 1.29 is 0 Å². The third-order valence-corrected chi connectivity index (χ3v) is 2.85. The predicted octanol–water partition coefficient (Wildman–Crippen LogP) is 5.28. The van der Waals surface area contributed by atoms with Gasteiger partial charge >= 0.3 is 0 Å². The van der Waals surface area contributed by atoms with Gasteiger partial charge in [-0.2, -0.15) is 0 Å². The topological polar surface area (TPSA) is 0 Å². The normalized spacial score (nSPS) is 10.5. The Kier molecular flexibility index (Phi) is 3.22. The van der Waals surface area contributed by atoms with Crippen LogP contribution in [0, 0.1) is 13.8 Å². The van der Waals surface area contributed by atoms with Crippen LogP contribution in [0.1, 0.15) is 11.1 Å². The lowest BCUT2D eigenvalue weighted by molar-refractivity contribution is 1.44. The molecule has 0 aliphatic rings. The fourth-order valence-corrected chi connectivity index (χ4v) is 2.39. The second-order valence-corrected chi connectivity index (χ2v) is 4.91. The van der Waals surface area contributed by atoms with Crippen LogP contribution in [0.2, 0.25) is 10.0 Å². The van der Waals surface area contributed by atoms with Crippen molar-refractivity contribution in [2.75, 3.05) is 0 Å². The first-order valence-corrected chi connectivity index (χ1v) is 5.85. The Morgan fingerprint density at radius 3 is 1.31 bits per heavy atom. The first-order chi connectivity index (χ1) is 7.54. The van der Waals surface area contributed by atoms with Crippen molar-refractivity contribution in [2.24, 2.45) is 0 Å². The Bertz CT molecular complexity index is 440. The number of halogens is 2. The smallest absolute Gasteiger partial charge is 0.0414 e. The molecule has 0 unspecified atom stereocenters. The molecule has 2 aromatic carbocycles. The number of hydrogen-bond donors (Lipinski definition) is 0. The molecule has 0 N–H and O–H groups in total. The molecule has 16 heavy (non-hydrogen) atoms. The highest BCUT2D eigenvalue weighted by Gasteiger charge is 2.02. The van der Waals surface area contributed by atoms with Gasteiger partial charge in [-0.3, -0.25) is 0 Å². The number of hydrogen-bond acceptors (Lipinski definition) is 0. The van der Waals surface area contributed by atoms with E-state index in [-0.39, 0.29) is 0 Å². The molecule has 0 amide bonds. The molecule has 2 heteroatoms. The van der Waals surface area contributed by atoms with Crippen molar-refractivity contribution in [1.82, 2.24) is 0 Å². The van der Waals surface area contributed by atoms with Crippen LogP contribution >= 0.6 is 23.2 Å². The van der Waals surface area contributed by atoms with Gasteiger partial charge in [-0.25, -0.2) is 0 Å². The molecule has 2 rings (SSSR count). The Hall–Kier alpha value is -0.980. The van der Waals surface area contributed by atoms with Gasteiger partial charge in [0.05, 0.1) is 0 Å². The van der Waals surface area contributed by atoms with Gasteiger partial charge in [0, 0.05) is 10.0 Å². The lowest BCUT2D eigenvalue weighted by atomic mass is 10.0. The highest BCUT2D eigenvalue weighted by molar-refractivity contribution is 6.31. The van der Waals surface area contributed by atoms with Crippen LogP contribution in [0.4, 0.5) is 0 Å². The predicted molar refractivity (Wildman–Crippen MR) is 71.4 cm³/mol. The zero-order valence-electron chi connectivity index (χ0n) is 9.22. The molecule has 0 saturated heterocycles. The number of rotatable bonds is 1. The molecule has 0 atom stereocenters. The lowest BCUT2D eigenvalue weighted by Crippen LogP contribution is -1.82. The molecular weight excluding hydrogens is 239 g/mol. The molecule has 82 valence electrons. The fraction of sp³-hybridized carbons (Fsp3) is 0.143. The lowest BCUT2D eigenvalue weighted by Gasteiger charge is -2.06. The minimum absolute atomic E-state index is 0.757. The SMILES string of the molecule is Cc1cc(Cl)cc(-c2cc(C)cc(Cl)c2)c1. The molecule has 2 aromatic rings. The molecule has 0 bridgehead atoms. The Morgan fingerprint density at radius 1 is 0.625 bits per heavy atom. The van der Waals surface area contributed by atoms with E-state index in [9.17, 15) is 0 Å². The summed E-state index contributed by atoms with van der Waals surface area (Å²) < 4.78 is 0. The van der Waals surface area contributed by atoms with E-state index in [2.05, 4.69) is 12.1 Å². The molecule has 0 nitrogen and oxygen atoms in total. The van der Waals surface area contributed by atoms with E-state index in [1.165, 1.54) is 0 Å². The van der Waals surface area contributed by atoms with Crippen LogP contribution < -0.4 is 0 Å². The number of benzene rings is 2. The van der Waals surface area contributed by atoms with Crippen LogP contribution in [-0.2, 0) is 0 Å². The van der Waals surface area contributed by atoms with E-state index in [0.717, 1.165) is 32.3 Å². The van der Waals surface area contributed by atoms with Crippen molar-refractivity contribution in [2.45, 2.75) is 13.8 Å². The maximum Gasteiger partial charge on any atom is 0.0414 e. The Balaban J connectivity index is 2.57. The first-order valence-electron chi connectivity index (χ1n) is 5.09. The monoisotopic (exact) mass is 250 g/mol. The van der Waals surface area contributed by atoms with Gasteiger partial charge in [0.25, 0.3) is 0 Å². The Labute approximate surface area is 106 Å². The standard InChI is InChI=1S/C14H12Cl2/c1-9-3-11(7-13(15)5-9)12-4-10(2)6-14(16)8-12/h3-8H,1-2H3. The van der Waals surface area contributed by atoms with Crippen molar-refractivity contribution >= 4 is 23.2 Å². The van der Waals surface area contributed by atoms with Crippen molar-refractivity contribution in [3.63, 3.8) is 0 Å². The van der Waals surface area contributed by atoms with E-state index in [4.69, 9.17) is 23.2 Å². The van der Waals surface area contributed by atoms with Gasteiger partial charge in [0.1, 0.15) is 0 Å². The Morgan fingerprint density at radius 2 is 1.00 bits per heavy atom. The summed E-state index contributed by atoms with van der Waals surface area (Å²) in [4.78, 5) is 0. The minimum Gasteiger partial charge on any atom is -0.0843 e. The highest BCUT2D eigenvalue weighted by atomic mass is 35.5. The minimum atomic E-state index is 0.757. The molecule has 0 radical (unpaired) electrons. The van der Waals surface area contributed by atoms with E-state index in [1.807, 2.05) is 38.1 Å². The van der Waals surface area contributed by atoms with Crippen molar-refractivity contribution in [1.29, 1.82) is 0 Å². The van der Waals surface area contributed by atoms with Gasteiger partial charge < -0.3 is 0 Å². The van der Waals surface area contributed by atoms with E-state index in [0.29, 0.717) is 0 Å². The molecule has 0 fully saturated rings. The summed E-state index contributed by atoms with van der Waals surface area (Å²) in [5.74, 6) is 0. The summed E-state index contributed by atoms with van der Waals surface area (Å²) in [5.41, 5.74) is 4.52. The summed E-state index contributed by atoms with van der Waals surface area (Å²) >= 11 is 12.1. The zero-order chi connectivity index (χ0) is 11.7. The average Bonchev–Trinajstić information content (AvgIpc) is 2.14. The summed E-state index contributed by atoms with van der Waals surface area (Å²) in [6.07, 6.45) is 0. The molecule has 0 saturated carbocycles. The zero-order valence-corrected chi connectivity index (χ0v) is 10.7. The van der Waals surface area contributed by atoms with Crippen LogP contribution in [0.3, 0.4) is 0 Å². The largest absolute Gasteiger partial charge is 0.0843 e. The quantitative estimate of drug-likeness (QED) is 0.647.